The molecular weight excluding hydrogens is 253 g/mol. The molecule has 2 nitrogen and oxygen atoms in total. The molecule has 1 saturated carbocycles. The Balaban J connectivity index is 1.99. The largest absolute Gasteiger partial charge is 0.395 e. The molecule has 1 aromatic rings. The van der Waals surface area contributed by atoms with E-state index < -0.39 is 0 Å². The predicted octanol–water partition coefficient (Wildman–Crippen LogP) is 2.79. The van der Waals surface area contributed by atoms with Crippen LogP contribution < -0.4 is 0 Å². The van der Waals surface area contributed by atoms with Gasteiger partial charge in [-0.15, -0.1) is 0 Å². The van der Waals surface area contributed by atoms with E-state index in [0.717, 1.165) is 24.6 Å². The molecule has 1 aromatic carbocycles. The van der Waals surface area contributed by atoms with Gasteiger partial charge in [-0.2, -0.15) is 0 Å². The molecule has 0 amide bonds. The van der Waals surface area contributed by atoms with E-state index >= 15 is 0 Å². The van der Waals surface area contributed by atoms with Crippen LogP contribution in [-0.2, 0) is 6.54 Å². The zero-order chi connectivity index (χ0) is 14.4. The molecular formula is C17H22FNO. The summed E-state index contributed by atoms with van der Waals surface area (Å²) in [5.74, 6) is 6.30. The Labute approximate surface area is 120 Å². The summed E-state index contributed by atoms with van der Waals surface area (Å²) in [6.45, 7) is 4.86. The van der Waals surface area contributed by atoms with Crippen LogP contribution in [0.3, 0.4) is 0 Å². The van der Waals surface area contributed by atoms with Crippen molar-refractivity contribution in [1.29, 1.82) is 0 Å². The number of benzene rings is 1. The third kappa shape index (κ3) is 4.63. The summed E-state index contributed by atoms with van der Waals surface area (Å²) >= 11 is 0. The Kier molecular flexibility index (Phi) is 5.58. The van der Waals surface area contributed by atoms with E-state index in [2.05, 4.69) is 23.7 Å². The molecule has 1 N–H and O–H groups in total. The Morgan fingerprint density at radius 3 is 2.80 bits per heavy atom. The van der Waals surface area contributed by atoms with E-state index in [1.807, 2.05) is 12.1 Å². The van der Waals surface area contributed by atoms with E-state index in [1.165, 1.54) is 18.9 Å². The van der Waals surface area contributed by atoms with Gasteiger partial charge in [0.2, 0.25) is 0 Å². The lowest BCUT2D eigenvalue weighted by Gasteiger charge is -2.20. The summed E-state index contributed by atoms with van der Waals surface area (Å²) in [4.78, 5) is 2.30. The first kappa shape index (κ1) is 15.0. The first-order valence-electron chi connectivity index (χ1n) is 7.33. The molecule has 1 aliphatic rings. The minimum atomic E-state index is -0.185. The van der Waals surface area contributed by atoms with Crippen LogP contribution in [0.1, 0.15) is 37.3 Å². The second-order valence-corrected chi connectivity index (χ2v) is 5.35. The summed E-state index contributed by atoms with van der Waals surface area (Å²) in [5.41, 5.74) is 1.41. The number of rotatable bonds is 6. The van der Waals surface area contributed by atoms with Crippen molar-refractivity contribution in [2.24, 2.45) is 5.92 Å². The number of aliphatic hydroxyl groups excluding tert-OH is 1. The molecule has 3 heteroatoms. The average molecular weight is 275 g/mol. The molecule has 1 aliphatic carbocycles. The minimum Gasteiger partial charge on any atom is -0.395 e. The molecule has 108 valence electrons. The fourth-order valence-electron chi connectivity index (χ4n) is 2.19. The number of aliphatic hydroxyl groups is 1. The molecule has 1 fully saturated rings. The normalized spacial score (nSPS) is 14.2. The van der Waals surface area contributed by atoms with Gasteiger partial charge in [0.15, 0.2) is 0 Å². The monoisotopic (exact) mass is 275 g/mol. The summed E-state index contributed by atoms with van der Waals surface area (Å²) in [7, 11) is 0. The third-order valence-electron chi connectivity index (χ3n) is 3.58. The molecule has 0 atom stereocenters. The molecule has 0 aromatic heterocycles. The SMILES string of the molecule is CCN(Cc1ccc(C#CCCO)cc1F)CC1CC1. The van der Waals surface area contributed by atoms with Gasteiger partial charge in [0.1, 0.15) is 5.82 Å². The van der Waals surface area contributed by atoms with E-state index in [9.17, 15) is 4.39 Å². The van der Waals surface area contributed by atoms with Crippen LogP contribution in [0.4, 0.5) is 4.39 Å². The molecule has 0 bridgehead atoms. The standard InChI is InChI=1S/C17H22FNO/c1-2-19(12-15-6-7-15)13-16-9-8-14(11-17(16)18)5-3-4-10-20/h8-9,11,15,20H,2,4,6-7,10,12-13H2,1H3. The average Bonchev–Trinajstić information content (AvgIpc) is 3.25. The van der Waals surface area contributed by atoms with Gasteiger partial charge in [-0.3, -0.25) is 4.90 Å². The summed E-state index contributed by atoms with van der Waals surface area (Å²) < 4.78 is 14.1. The van der Waals surface area contributed by atoms with Crippen LogP contribution in [0.25, 0.3) is 0 Å². The van der Waals surface area contributed by atoms with E-state index in [1.54, 1.807) is 0 Å². The lowest BCUT2D eigenvalue weighted by molar-refractivity contribution is 0.264. The quantitative estimate of drug-likeness (QED) is 0.807. The zero-order valence-electron chi connectivity index (χ0n) is 12.0. The van der Waals surface area contributed by atoms with Gasteiger partial charge in [-0.25, -0.2) is 4.39 Å². The topological polar surface area (TPSA) is 23.5 Å². The number of hydrogen-bond donors (Lipinski definition) is 1. The van der Waals surface area contributed by atoms with Crippen molar-refractivity contribution in [3.63, 3.8) is 0 Å². The molecule has 0 saturated heterocycles. The number of nitrogens with zero attached hydrogens (tertiary/aromatic N) is 1. The van der Waals surface area contributed by atoms with Crippen molar-refractivity contribution in [1.82, 2.24) is 4.90 Å². The lowest BCUT2D eigenvalue weighted by atomic mass is 10.1. The zero-order valence-corrected chi connectivity index (χ0v) is 12.0. The molecule has 0 unspecified atom stereocenters. The van der Waals surface area contributed by atoms with Gasteiger partial charge in [-0.05, 0) is 37.4 Å². The predicted molar refractivity (Wildman–Crippen MR) is 78.7 cm³/mol. The highest BCUT2D eigenvalue weighted by Gasteiger charge is 2.23. The highest BCUT2D eigenvalue weighted by molar-refractivity contribution is 5.37. The summed E-state index contributed by atoms with van der Waals surface area (Å²) in [5, 5.41) is 8.66. The highest BCUT2D eigenvalue weighted by Crippen LogP contribution is 2.30. The number of halogens is 1. The van der Waals surface area contributed by atoms with Crippen molar-refractivity contribution in [3.8, 4) is 11.8 Å². The van der Waals surface area contributed by atoms with Crippen molar-refractivity contribution in [2.75, 3.05) is 19.7 Å². The Hall–Kier alpha value is -1.37. The van der Waals surface area contributed by atoms with Gasteiger partial charge >= 0.3 is 0 Å². The Morgan fingerprint density at radius 1 is 1.40 bits per heavy atom. The maximum atomic E-state index is 14.1. The maximum absolute atomic E-state index is 14.1. The van der Waals surface area contributed by atoms with Crippen LogP contribution in [0, 0.1) is 23.6 Å². The molecule has 2 rings (SSSR count). The van der Waals surface area contributed by atoms with Gasteiger partial charge < -0.3 is 5.11 Å². The van der Waals surface area contributed by atoms with Gasteiger partial charge in [-0.1, -0.05) is 24.8 Å². The fourth-order valence-corrected chi connectivity index (χ4v) is 2.19. The molecule has 0 heterocycles. The molecule has 0 aliphatic heterocycles. The van der Waals surface area contributed by atoms with Crippen molar-refractivity contribution >= 4 is 0 Å². The van der Waals surface area contributed by atoms with Gasteiger partial charge in [0, 0.05) is 30.6 Å². The maximum Gasteiger partial charge on any atom is 0.128 e. The van der Waals surface area contributed by atoms with Crippen molar-refractivity contribution in [3.05, 3.63) is 35.1 Å². The number of hydrogen-bond acceptors (Lipinski definition) is 2. The van der Waals surface area contributed by atoms with Crippen LogP contribution in [0.15, 0.2) is 18.2 Å². The summed E-state index contributed by atoms with van der Waals surface area (Å²) in [6, 6.07) is 5.17. The first-order valence-corrected chi connectivity index (χ1v) is 7.33. The van der Waals surface area contributed by atoms with Crippen LogP contribution in [-0.4, -0.2) is 29.7 Å². The van der Waals surface area contributed by atoms with Gasteiger partial charge in [0.25, 0.3) is 0 Å². The Bertz CT molecular complexity index is 499. The fraction of sp³-hybridized carbons (Fsp3) is 0.529. The van der Waals surface area contributed by atoms with E-state index in [-0.39, 0.29) is 12.4 Å². The Morgan fingerprint density at radius 2 is 2.20 bits per heavy atom. The van der Waals surface area contributed by atoms with E-state index in [0.29, 0.717) is 18.5 Å². The van der Waals surface area contributed by atoms with Gasteiger partial charge in [0.05, 0.1) is 6.61 Å². The summed E-state index contributed by atoms with van der Waals surface area (Å²) in [6.07, 6.45) is 3.06. The van der Waals surface area contributed by atoms with Crippen LogP contribution in [0.5, 0.6) is 0 Å². The van der Waals surface area contributed by atoms with Crippen LogP contribution in [0.2, 0.25) is 0 Å². The third-order valence-corrected chi connectivity index (χ3v) is 3.58. The second kappa shape index (κ2) is 7.42. The first-order chi connectivity index (χ1) is 9.72. The highest BCUT2D eigenvalue weighted by atomic mass is 19.1. The smallest absolute Gasteiger partial charge is 0.128 e. The van der Waals surface area contributed by atoms with E-state index in [4.69, 9.17) is 5.11 Å². The molecule has 20 heavy (non-hydrogen) atoms. The van der Waals surface area contributed by atoms with Crippen molar-refractivity contribution < 1.29 is 9.50 Å². The lowest BCUT2D eigenvalue weighted by Crippen LogP contribution is -2.25. The second-order valence-electron chi connectivity index (χ2n) is 5.35. The van der Waals surface area contributed by atoms with Crippen LogP contribution >= 0.6 is 0 Å². The minimum absolute atomic E-state index is 0.0419. The molecule has 0 spiro atoms. The van der Waals surface area contributed by atoms with Crippen molar-refractivity contribution in [2.45, 2.75) is 32.7 Å². The molecule has 0 radical (unpaired) electrons.